The van der Waals surface area contributed by atoms with Gasteiger partial charge in [0.1, 0.15) is 0 Å². The van der Waals surface area contributed by atoms with Crippen LogP contribution in [0.1, 0.15) is 0 Å². The third-order valence-electron chi connectivity index (χ3n) is 0. The number of carbonyl (C=O) groups excluding carboxylic acids is 2. The molecule has 6 nitrogen and oxygen atoms in total. The molecule has 0 aliphatic carbocycles. The molecule has 0 amide bonds. The van der Waals surface area contributed by atoms with E-state index in [-0.39, 0.29) is 0 Å². The van der Waals surface area contributed by atoms with E-state index in [1.54, 1.807) is 0 Å². The van der Waals surface area contributed by atoms with Gasteiger partial charge < -0.3 is 10.8 Å². The van der Waals surface area contributed by atoms with Gasteiger partial charge in [0.2, 0.25) is 0 Å². The lowest BCUT2D eigenvalue weighted by molar-refractivity contribution is 0.568. The van der Waals surface area contributed by atoms with Crippen molar-refractivity contribution in [3.05, 3.63) is 10.8 Å². The van der Waals surface area contributed by atoms with Gasteiger partial charge >= 0.3 is 0 Å². The molecule has 0 aromatic heterocycles. The van der Waals surface area contributed by atoms with Crippen LogP contribution in [0.2, 0.25) is 0 Å². The number of hydrogen-bond acceptors (Lipinski definition) is 4. The first-order chi connectivity index (χ1) is 3.83. The van der Waals surface area contributed by atoms with E-state index in [0.29, 0.717) is 12.2 Å². The zero-order valence-corrected chi connectivity index (χ0v) is 3.87. The predicted molar refractivity (Wildman–Crippen MR) is 26.5 cm³/mol. The third-order valence-corrected chi connectivity index (χ3v) is 0. The van der Waals surface area contributed by atoms with Crippen molar-refractivity contribution in [1.29, 1.82) is 0 Å². The first-order valence-electron chi connectivity index (χ1n) is 1.19. The molecule has 0 rings (SSSR count). The Bertz CT molecular complexity index is 66.0. The summed E-state index contributed by atoms with van der Waals surface area (Å²) < 4.78 is 0. The van der Waals surface area contributed by atoms with E-state index in [0.717, 1.165) is 0 Å². The van der Waals surface area contributed by atoms with Gasteiger partial charge in [-0.1, -0.05) is 0 Å². The zero-order valence-electron chi connectivity index (χ0n) is 3.87. The van der Waals surface area contributed by atoms with Crippen LogP contribution in [0.5, 0.6) is 0 Å². The topological polar surface area (TPSA) is 131 Å². The molecule has 0 atom stereocenters. The van der Waals surface area contributed by atoms with Gasteiger partial charge in [0.05, 0.1) is 0 Å². The van der Waals surface area contributed by atoms with E-state index in [4.69, 9.17) is 20.4 Å². The summed E-state index contributed by atoms with van der Waals surface area (Å²) in [5.74, 6) is 8.00. The average Bonchev–Trinajstić information content (AvgIpc) is 1.75. The van der Waals surface area contributed by atoms with Crippen molar-refractivity contribution in [3.63, 3.8) is 0 Å². The first kappa shape index (κ1) is 15.9. The fourth-order valence-corrected chi connectivity index (χ4v) is 0. The van der Waals surface area contributed by atoms with Crippen LogP contribution in [-0.4, -0.2) is 12.2 Å². The van der Waals surface area contributed by atoms with Crippen LogP contribution in [0.25, 0.3) is 10.8 Å². The maximum Gasteiger partial charge on any atom is -0.0159 e. The summed E-state index contributed by atoms with van der Waals surface area (Å²) in [5, 5.41) is 13.5. The number of nitrogens with zero attached hydrogens (tertiary/aromatic N) is 2. The molecule has 0 unspecified atom stereocenters. The SMILES string of the molecule is NN.[N-]=C=O.[N-]=C=O. The van der Waals surface area contributed by atoms with Crippen LogP contribution >= 0.6 is 0 Å². The summed E-state index contributed by atoms with van der Waals surface area (Å²) in [6.45, 7) is 0. The Morgan fingerprint density at radius 2 is 1.00 bits per heavy atom. The Morgan fingerprint density at radius 1 is 1.00 bits per heavy atom. The van der Waals surface area contributed by atoms with Crippen LogP contribution in [-0.2, 0) is 9.59 Å². The van der Waals surface area contributed by atoms with Crippen LogP contribution in [0.3, 0.4) is 0 Å². The molecule has 0 aromatic rings. The second kappa shape index (κ2) is 269. The smallest absolute Gasteiger partial charge is 0.0159 e. The van der Waals surface area contributed by atoms with Gasteiger partial charge in [0.15, 0.2) is 0 Å². The molecule has 0 aliphatic heterocycles. The fraction of sp³-hybridized carbons (Fsp3) is 0. The van der Waals surface area contributed by atoms with Crippen LogP contribution in [0, 0.1) is 0 Å². The normalized spacial score (nSPS) is 2.75. The first-order valence-corrected chi connectivity index (χ1v) is 1.19. The molecule has 8 heavy (non-hydrogen) atoms. The number of hydrogen-bond donors (Lipinski definition) is 2. The Morgan fingerprint density at radius 3 is 1.00 bits per heavy atom. The largest absolute Gasteiger partial charge is 0.724 e. The fourth-order valence-electron chi connectivity index (χ4n) is 0. The van der Waals surface area contributed by atoms with Crippen molar-refractivity contribution < 1.29 is 9.59 Å². The lowest BCUT2D eigenvalue weighted by atomic mass is 11.7. The van der Waals surface area contributed by atoms with E-state index < -0.39 is 0 Å². The molecular weight excluding hydrogens is 112 g/mol. The molecule has 0 bridgehead atoms. The number of rotatable bonds is 0. The third kappa shape index (κ3) is 36.4. The lowest BCUT2D eigenvalue weighted by Gasteiger charge is -1.32. The molecule has 0 saturated carbocycles. The van der Waals surface area contributed by atoms with E-state index >= 15 is 0 Å². The van der Waals surface area contributed by atoms with E-state index in [9.17, 15) is 0 Å². The number of nitrogens with two attached hydrogens (primary N) is 2. The molecule has 6 heteroatoms. The highest BCUT2D eigenvalue weighted by Gasteiger charge is 0.794. The standard InChI is InChI=1S/2CNO.H4N2/c2*2-1-3;1-2/h;;1-2H2/q2*-1;. The molecule has 0 spiro atoms. The lowest BCUT2D eigenvalue weighted by Crippen LogP contribution is -2.02. The molecule has 0 aliphatic rings. The summed E-state index contributed by atoms with van der Waals surface area (Å²) in [7, 11) is 0. The maximum atomic E-state index is 8.24. The Kier molecular flexibility index (Phi) is 535. The molecule has 0 fully saturated rings. The highest BCUT2D eigenvalue weighted by molar-refractivity contribution is 5.37. The monoisotopic (exact) mass is 116 g/mol. The summed E-state index contributed by atoms with van der Waals surface area (Å²) >= 11 is 0. The molecule has 4 N–H and O–H groups in total. The van der Waals surface area contributed by atoms with Crippen LogP contribution in [0.15, 0.2) is 0 Å². The van der Waals surface area contributed by atoms with Crippen molar-refractivity contribution in [2.45, 2.75) is 0 Å². The quantitative estimate of drug-likeness (QED) is 0.174. The minimum atomic E-state index is 0.500. The zero-order chi connectivity index (χ0) is 7.41. The molecule has 0 heterocycles. The van der Waals surface area contributed by atoms with Crippen molar-refractivity contribution in [2.24, 2.45) is 11.7 Å². The van der Waals surface area contributed by atoms with E-state index in [1.807, 2.05) is 0 Å². The van der Waals surface area contributed by atoms with Crippen molar-refractivity contribution >= 4 is 12.2 Å². The van der Waals surface area contributed by atoms with Crippen LogP contribution in [0.4, 0.5) is 0 Å². The van der Waals surface area contributed by atoms with Gasteiger partial charge in [-0.15, -0.1) is 0 Å². The summed E-state index contributed by atoms with van der Waals surface area (Å²) in [6.07, 6.45) is 1.00. The minimum Gasteiger partial charge on any atom is -0.724 e. The van der Waals surface area contributed by atoms with Gasteiger partial charge in [0.25, 0.3) is 0 Å². The van der Waals surface area contributed by atoms with E-state index in [1.165, 1.54) is 0 Å². The van der Waals surface area contributed by atoms with Gasteiger partial charge in [-0.05, 0) is 12.2 Å². The van der Waals surface area contributed by atoms with Gasteiger partial charge in [-0.2, -0.15) is 0 Å². The van der Waals surface area contributed by atoms with Gasteiger partial charge in [0, 0.05) is 0 Å². The number of hydrazine groups is 1. The second-order valence-corrected chi connectivity index (χ2v) is 0.183. The van der Waals surface area contributed by atoms with Crippen molar-refractivity contribution in [2.75, 3.05) is 0 Å². The summed E-state index contributed by atoms with van der Waals surface area (Å²) in [6, 6.07) is 0. The highest BCUT2D eigenvalue weighted by atomic mass is 16.1. The molecule has 0 radical (unpaired) electrons. The highest BCUT2D eigenvalue weighted by Crippen LogP contribution is 0.952. The Hall–Kier alpha value is -1.32. The Balaban J connectivity index is -0.0000000483. The molecule has 46 valence electrons. The van der Waals surface area contributed by atoms with E-state index in [2.05, 4.69) is 11.7 Å². The molecular formula is C2H4N4O2-2. The minimum absolute atomic E-state index is 0.500. The van der Waals surface area contributed by atoms with Crippen molar-refractivity contribution in [1.82, 2.24) is 0 Å². The average molecular weight is 116 g/mol. The van der Waals surface area contributed by atoms with Crippen LogP contribution < -0.4 is 11.7 Å². The Labute approximate surface area is 45.5 Å². The summed E-state index contributed by atoms with van der Waals surface area (Å²) in [4.78, 5) is 16.5. The predicted octanol–water partition coefficient (Wildman–Crippen LogP) is -1.40. The molecule has 0 saturated heterocycles. The maximum absolute atomic E-state index is 8.24. The summed E-state index contributed by atoms with van der Waals surface area (Å²) in [5.41, 5.74) is 0. The van der Waals surface area contributed by atoms with Crippen molar-refractivity contribution in [3.8, 4) is 0 Å². The molecule has 0 aromatic carbocycles. The van der Waals surface area contributed by atoms with Gasteiger partial charge in [-0.3, -0.25) is 21.3 Å². The second-order valence-electron chi connectivity index (χ2n) is 0.183. The van der Waals surface area contributed by atoms with Gasteiger partial charge in [-0.25, -0.2) is 0 Å². The number of isocyanates is 2.